The Kier molecular flexibility index (Phi) is 4.26. The zero-order valence-electron chi connectivity index (χ0n) is 10.9. The Morgan fingerprint density at radius 3 is 2.47 bits per heavy atom. The Labute approximate surface area is 113 Å². The highest BCUT2D eigenvalue weighted by Crippen LogP contribution is 2.34. The second-order valence-electron chi connectivity index (χ2n) is 5.53. The Morgan fingerprint density at radius 1 is 1.24 bits per heavy atom. The molecule has 1 aromatic carbocycles. The third-order valence-electron chi connectivity index (χ3n) is 4.27. The lowest BCUT2D eigenvalue weighted by molar-refractivity contribution is 0.109. The van der Waals surface area contributed by atoms with Gasteiger partial charge in [0.05, 0.1) is 0 Å². The highest BCUT2D eigenvalue weighted by Gasteiger charge is 2.28. The van der Waals surface area contributed by atoms with Gasteiger partial charge in [0, 0.05) is 11.0 Å². The van der Waals surface area contributed by atoms with Crippen molar-refractivity contribution in [2.75, 3.05) is 13.1 Å². The van der Waals surface area contributed by atoms with Crippen LogP contribution in [0.2, 0.25) is 0 Å². The molecule has 0 saturated carbocycles. The van der Waals surface area contributed by atoms with Crippen LogP contribution < -0.4 is 0 Å². The van der Waals surface area contributed by atoms with Crippen LogP contribution in [0.3, 0.4) is 0 Å². The van der Waals surface area contributed by atoms with Crippen LogP contribution in [0, 0.1) is 5.41 Å². The third-order valence-corrected chi connectivity index (χ3v) is 5.04. The number of benzene rings is 1. The zero-order chi connectivity index (χ0) is 12.3. The Bertz CT molecular complexity index is 367. The number of likely N-dealkylation sites (tertiary alicyclic amines) is 1. The lowest BCUT2D eigenvalue weighted by Crippen LogP contribution is -2.37. The summed E-state index contributed by atoms with van der Waals surface area (Å²) in [6.45, 7) is 8.32. The summed E-state index contributed by atoms with van der Waals surface area (Å²) >= 11 is 3.63. The molecule has 0 radical (unpaired) electrons. The van der Waals surface area contributed by atoms with Crippen LogP contribution in [0.15, 0.2) is 28.7 Å². The van der Waals surface area contributed by atoms with Gasteiger partial charge < -0.3 is 0 Å². The quantitative estimate of drug-likeness (QED) is 0.796. The maximum absolute atomic E-state index is 3.63. The summed E-state index contributed by atoms with van der Waals surface area (Å²) in [5, 5.41) is 0. The molecule has 0 unspecified atom stereocenters. The second kappa shape index (κ2) is 5.53. The Morgan fingerprint density at radius 2 is 1.88 bits per heavy atom. The van der Waals surface area contributed by atoms with Gasteiger partial charge in [-0.2, -0.15) is 0 Å². The maximum Gasteiger partial charge on any atom is 0.0244 e. The molecule has 0 amide bonds. The number of hydrogen-bond acceptors (Lipinski definition) is 1. The van der Waals surface area contributed by atoms with Crippen LogP contribution >= 0.6 is 15.9 Å². The first kappa shape index (κ1) is 13.1. The van der Waals surface area contributed by atoms with E-state index in [1.54, 1.807) is 0 Å². The minimum Gasteiger partial charge on any atom is -0.299 e. The van der Waals surface area contributed by atoms with Crippen molar-refractivity contribution in [3.05, 3.63) is 34.3 Å². The summed E-state index contributed by atoms with van der Waals surface area (Å²) in [5.41, 5.74) is 2.00. The van der Waals surface area contributed by atoms with E-state index in [2.05, 4.69) is 58.9 Å². The van der Waals surface area contributed by atoms with Crippen molar-refractivity contribution in [2.45, 2.75) is 39.7 Å². The lowest BCUT2D eigenvalue weighted by Gasteiger charge is -2.39. The summed E-state index contributed by atoms with van der Waals surface area (Å²) in [5.74, 6) is 0. The number of piperidine rings is 1. The SMILES string of the molecule is CCC1(C)CCN(Cc2ccccc2Br)CC1. The predicted molar refractivity (Wildman–Crippen MR) is 77.1 cm³/mol. The summed E-state index contributed by atoms with van der Waals surface area (Å²) in [6, 6.07) is 8.56. The van der Waals surface area contributed by atoms with Gasteiger partial charge in [0.25, 0.3) is 0 Å². The standard InChI is InChI=1S/C15H22BrN/c1-3-15(2)8-10-17(11-9-15)12-13-6-4-5-7-14(13)16/h4-7H,3,8-12H2,1-2H3. The van der Waals surface area contributed by atoms with E-state index < -0.39 is 0 Å². The molecule has 94 valence electrons. The highest BCUT2D eigenvalue weighted by atomic mass is 79.9. The molecule has 0 aromatic heterocycles. The molecule has 2 rings (SSSR count). The molecule has 0 atom stereocenters. The largest absolute Gasteiger partial charge is 0.299 e. The molecule has 1 aliphatic rings. The van der Waals surface area contributed by atoms with Gasteiger partial charge >= 0.3 is 0 Å². The minimum absolute atomic E-state index is 0.588. The molecule has 17 heavy (non-hydrogen) atoms. The van der Waals surface area contributed by atoms with Crippen molar-refractivity contribution in [1.82, 2.24) is 4.90 Å². The van der Waals surface area contributed by atoms with E-state index in [1.165, 1.54) is 42.4 Å². The fraction of sp³-hybridized carbons (Fsp3) is 0.600. The van der Waals surface area contributed by atoms with Crippen LogP contribution in [0.1, 0.15) is 38.7 Å². The first-order chi connectivity index (χ1) is 8.13. The fourth-order valence-corrected chi connectivity index (χ4v) is 2.88. The first-order valence-electron chi connectivity index (χ1n) is 6.59. The fourth-order valence-electron chi connectivity index (χ4n) is 2.47. The normalized spacial score (nSPS) is 20.4. The summed E-state index contributed by atoms with van der Waals surface area (Å²) < 4.78 is 1.24. The second-order valence-corrected chi connectivity index (χ2v) is 6.39. The molecule has 1 nitrogen and oxygen atoms in total. The van der Waals surface area contributed by atoms with Crippen molar-refractivity contribution >= 4 is 15.9 Å². The van der Waals surface area contributed by atoms with E-state index in [0.717, 1.165) is 6.54 Å². The van der Waals surface area contributed by atoms with Gasteiger partial charge in [-0.05, 0) is 43.0 Å². The third kappa shape index (κ3) is 3.32. The summed E-state index contributed by atoms with van der Waals surface area (Å²) in [4.78, 5) is 2.58. The smallest absolute Gasteiger partial charge is 0.0244 e. The maximum atomic E-state index is 3.63. The molecule has 0 spiro atoms. The summed E-state index contributed by atoms with van der Waals surface area (Å²) in [7, 11) is 0. The molecule has 2 heteroatoms. The summed E-state index contributed by atoms with van der Waals surface area (Å²) in [6.07, 6.45) is 4.00. The van der Waals surface area contributed by atoms with E-state index in [9.17, 15) is 0 Å². The van der Waals surface area contributed by atoms with Crippen LogP contribution in [0.4, 0.5) is 0 Å². The number of hydrogen-bond donors (Lipinski definition) is 0. The van der Waals surface area contributed by atoms with Crippen LogP contribution in [-0.2, 0) is 6.54 Å². The Hall–Kier alpha value is -0.340. The van der Waals surface area contributed by atoms with Gasteiger partial charge in [0.1, 0.15) is 0 Å². The molecule has 1 heterocycles. The molecule has 1 fully saturated rings. The molecule has 1 aromatic rings. The molecule has 0 bridgehead atoms. The molecular formula is C15H22BrN. The molecule has 0 N–H and O–H groups in total. The van der Waals surface area contributed by atoms with Gasteiger partial charge in [-0.25, -0.2) is 0 Å². The van der Waals surface area contributed by atoms with Crippen molar-refractivity contribution in [3.8, 4) is 0 Å². The van der Waals surface area contributed by atoms with Crippen molar-refractivity contribution < 1.29 is 0 Å². The highest BCUT2D eigenvalue weighted by molar-refractivity contribution is 9.10. The Balaban J connectivity index is 1.93. The van der Waals surface area contributed by atoms with E-state index >= 15 is 0 Å². The van der Waals surface area contributed by atoms with E-state index in [1.807, 2.05) is 0 Å². The molecule has 1 saturated heterocycles. The minimum atomic E-state index is 0.588. The monoisotopic (exact) mass is 295 g/mol. The van der Waals surface area contributed by atoms with E-state index in [4.69, 9.17) is 0 Å². The van der Waals surface area contributed by atoms with Gasteiger partial charge in [0.15, 0.2) is 0 Å². The average Bonchev–Trinajstić information content (AvgIpc) is 2.35. The van der Waals surface area contributed by atoms with Crippen LogP contribution in [-0.4, -0.2) is 18.0 Å². The van der Waals surface area contributed by atoms with Gasteiger partial charge in [-0.3, -0.25) is 4.90 Å². The predicted octanol–water partition coefficient (Wildman–Crippen LogP) is 4.46. The van der Waals surface area contributed by atoms with Gasteiger partial charge in [0.2, 0.25) is 0 Å². The van der Waals surface area contributed by atoms with Crippen molar-refractivity contribution in [2.24, 2.45) is 5.41 Å². The first-order valence-corrected chi connectivity index (χ1v) is 7.38. The van der Waals surface area contributed by atoms with Gasteiger partial charge in [-0.1, -0.05) is 54.4 Å². The van der Waals surface area contributed by atoms with Gasteiger partial charge in [-0.15, -0.1) is 0 Å². The lowest BCUT2D eigenvalue weighted by atomic mass is 9.78. The van der Waals surface area contributed by atoms with Crippen LogP contribution in [0.5, 0.6) is 0 Å². The molecule has 0 aliphatic carbocycles. The average molecular weight is 296 g/mol. The zero-order valence-corrected chi connectivity index (χ0v) is 12.5. The molecule has 1 aliphatic heterocycles. The topological polar surface area (TPSA) is 3.24 Å². The number of halogens is 1. The van der Waals surface area contributed by atoms with Crippen LogP contribution in [0.25, 0.3) is 0 Å². The van der Waals surface area contributed by atoms with Crippen molar-refractivity contribution in [1.29, 1.82) is 0 Å². The molecular weight excluding hydrogens is 274 g/mol. The van der Waals surface area contributed by atoms with Crippen molar-refractivity contribution in [3.63, 3.8) is 0 Å². The van der Waals surface area contributed by atoms with E-state index in [0.29, 0.717) is 5.41 Å². The number of nitrogens with zero attached hydrogens (tertiary/aromatic N) is 1. The van der Waals surface area contributed by atoms with E-state index in [-0.39, 0.29) is 0 Å². The number of rotatable bonds is 3.